The molecule has 1 heterocycles. The topological polar surface area (TPSA) is 58.7 Å². The lowest BCUT2D eigenvalue weighted by Gasteiger charge is -2.36. The Morgan fingerprint density at radius 2 is 2.27 bits per heavy atom. The predicted molar refractivity (Wildman–Crippen MR) is 60.7 cm³/mol. The minimum Gasteiger partial charge on any atom is -0.395 e. The van der Waals surface area contributed by atoms with Gasteiger partial charge in [-0.05, 0) is 24.9 Å². The van der Waals surface area contributed by atoms with Gasteiger partial charge >= 0.3 is 0 Å². The fraction of sp³-hybridized carbons (Fsp3) is 1.00. The Kier molecular flexibility index (Phi) is 4.99. The highest BCUT2D eigenvalue weighted by Crippen LogP contribution is 2.20. The quantitative estimate of drug-likeness (QED) is 0.682. The number of ether oxygens (including phenoxy) is 1. The number of rotatable bonds is 5. The highest BCUT2D eigenvalue weighted by molar-refractivity contribution is 4.78. The highest BCUT2D eigenvalue weighted by Gasteiger charge is 2.24. The van der Waals surface area contributed by atoms with Crippen molar-refractivity contribution in [1.82, 2.24) is 4.90 Å². The number of aliphatic hydroxyl groups excluding tert-OH is 1. The van der Waals surface area contributed by atoms with Gasteiger partial charge in [-0.2, -0.15) is 0 Å². The zero-order valence-corrected chi connectivity index (χ0v) is 9.91. The number of hydrogen-bond donors (Lipinski definition) is 2. The molecule has 1 aliphatic rings. The summed E-state index contributed by atoms with van der Waals surface area (Å²) in [5.74, 6) is 0. The average Bonchev–Trinajstić information content (AvgIpc) is 2.27. The van der Waals surface area contributed by atoms with Crippen LogP contribution in [0.15, 0.2) is 0 Å². The highest BCUT2D eigenvalue weighted by atomic mass is 16.5. The summed E-state index contributed by atoms with van der Waals surface area (Å²) in [5.41, 5.74) is 5.89. The van der Waals surface area contributed by atoms with E-state index in [1.54, 1.807) is 0 Å². The van der Waals surface area contributed by atoms with Gasteiger partial charge in [-0.15, -0.1) is 0 Å². The summed E-state index contributed by atoms with van der Waals surface area (Å²) in [7, 11) is 0. The van der Waals surface area contributed by atoms with E-state index in [1.165, 1.54) is 0 Å². The van der Waals surface area contributed by atoms with Crippen molar-refractivity contribution < 1.29 is 9.84 Å². The first-order valence-corrected chi connectivity index (χ1v) is 5.72. The van der Waals surface area contributed by atoms with E-state index in [1.807, 2.05) is 0 Å². The van der Waals surface area contributed by atoms with Crippen LogP contribution in [-0.2, 0) is 4.74 Å². The van der Waals surface area contributed by atoms with Crippen LogP contribution in [0.2, 0.25) is 0 Å². The van der Waals surface area contributed by atoms with E-state index >= 15 is 0 Å². The molecule has 4 nitrogen and oxygen atoms in total. The maximum Gasteiger partial charge on any atom is 0.0644 e. The summed E-state index contributed by atoms with van der Waals surface area (Å²) in [5, 5.41) is 9.20. The van der Waals surface area contributed by atoms with Crippen LogP contribution in [0.5, 0.6) is 0 Å². The molecule has 1 aliphatic heterocycles. The van der Waals surface area contributed by atoms with Crippen molar-refractivity contribution in [1.29, 1.82) is 0 Å². The summed E-state index contributed by atoms with van der Waals surface area (Å²) in [4.78, 5) is 2.31. The number of hydrogen-bond acceptors (Lipinski definition) is 4. The third kappa shape index (κ3) is 4.07. The molecule has 0 amide bonds. The van der Waals surface area contributed by atoms with Crippen molar-refractivity contribution in [2.75, 3.05) is 39.5 Å². The van der Waals surface area contributed by atoms with Crippen molar-refractivity contribution >= 4 is 0 Å². The average molecular weight is 216 g/mol. The minimum atomic E-state index is 0.173. The Morgan fingerprint density at radius 1 is 1.53 bits per heavy atom. The molecule has 1 fully saturated rings. The summed E-state index contributed by atoms with van der Waals surface area (Å²) >= 11 is 0. The molecular formula is C11H24N2O2. The van der Waals surface area contributed by atoms with Crippen LogP contribution in [0, 0.1) is 5.41 Å². The molecule has 0 aromatic carbocycles. The maximum absolute atomic E-state index is 9.20. The van der Waals surface area contributed by atoms with Gasteiger partial charge in [-0.3, -0.25) is 4.90 Å². The molecule has 1 rings (SSSR count). The van der Waals surface area contributed by atoms with Gasteiger partial charge in [0.15, 0.2) is 0 Å². The van der Waals surface area contributed by atoms with Gasteiger partial charge in [-0.1, -0.05) is 13.8 Å². The Bertz CT molecular complexity index is 185. The van der Waals surface area contributed by atoms with E-state index in [2.05, 4.69) is 18.7 Å². The fourth-order valence-electron chi connectivity index (χ4n) is 1.70. The first-order valence-electron chi connectivity index (χ1n) is 5.72. The Labute approximate surface area is 92.4 Å². The van der Waals surface area contributed by atoms with Gasteiger partial charge in [0.05, 0.1) is 25.9 Å². The Morgan fingerprint density at radius 3 is 2.87 bits per heavy atom. The van der Waals surface area contributed by atoms with Crippen LogP contribution in [0.25, 0.3) is 0 Å². The third-order valence-electron chi connectivity index (χ3n) is 3.19. The molecule has 4 heteroatoms. The maximum atomic E-state index is 9.20. The summed E-state index contributed by atoms with van der Waals surface area (Å²) in [6, 6.07) is 0.173. The number of aliphatic hydroxyl groups is 1. The molecule has 0 bridgehead atoms. The van der Waals surface area contributed by atoms with Gasteiger partial charge in [0, 0.05) is 6.54 Å². The van der Waals surface area contributed by atoms with E-state index in [-0.39, 0.29) is 18.1 Å². The van der Waals surface area contributed by atoms with Crippen LogP contribution in [0.1, 0.15) is 20.3 Å². The standard InChI is InChI=1S/C11H24N2O2/c1-11(2,9-12)3-4-13-5-6-15-8-10(13)7-14/h10,14H,3-9,12H2,1-2H3. The smallest absolute Gasteiger partial charge is 0.0644 e. The van der Waals surface area contributed by atoms with Gasteiger partial charge in [0.1, 0.15) is 0 Å². The van der Waals surface area contributed by atoms with Crippen molar-refractivity contribution in [2.24, 2.45) is 11.1 Å². The van der Waals surface area contributed by atoms with Crippen molar-refractivity contribution in [2.45, 2.75) is 26.3 Å². The first-order chi connectivity index (χ1) is 7.09. The molecule has 0 radical (unpaired) electrons. The summed E-state index contributed by atoms with van der Waals surface area (Å²) in [6.45, 7) is 8.61. The molecule has 1 saturated heterocycles. The molecule has 0 aromatic rings. The molecule has 1 unspecified atom stereocenters. The van der Waals surface area contributed by atoms with Crippen LogP contribution >= 0.6 is 0 Å². The predicted octanol–water partition coefficient (Wildman–Crippen LogP) is 0.0545. The third-order valence-corrected chi connectivity index (χ3v) is 3.19. The second kappa shape index (κ2) is 5.80. The number of nitrogens with two attached hydrogens (primary N) is 1. The van der Waals surface area contributed by atoms with Crippen LogP contribution in [0.4, 0.5) is 0 Å². The van der Waals surface area contributed by atoms with Gasteiger partial charge in [0.25, 0.3) is 0 Å². The molecule has 0 spiro atoms. The molecule has 90 valence electrons. The zero-order chi connectivity index (χ0) is 11.3. The Hall–Kier alpha value is -0.160. The lowest BCUT2D eigenvalue weighted by Crippen LogP contribution is -2.48. The van der Waals surface area contributed by atoms with Gasteiger partial charge < -0.3 is 15.6 Å². The molecule has 15 heavy (non-hydrogen) atoms. The van der Waals surface area contributed by atoms with Gasteiger partial charge in [0.2, 0.25) is 0 Å². The SMILES string of the molecule is CC(C)(CN)CCN1CCOCC1CO. The lowest BCUT2D eigenvalue weighted by atomic mass is 9.89. The van der Waals surface area contributed by atoms with Crippen molar-refractivity contribution in [3.05, 3.63) is 0 Å². The van der Waals surface area contributed by atoms with E-state index in [0.717, 1.165) is 26.1 Å². The molecule has 0 aliphatic carbocycles. The normalized spacial score (nSPS) is 24.4. The van der Waals surface area contributed by atoms with E-state index in [9.17, 15) is 5.11 Å². The zero-order valence-electron chi connectivity index (χ0n) is 9.91. The van der Waals surface area contributed by atoms with Crippen molar-refractivity contribution in [3.8, 4) is 0 Å². The minimum absolute atomic E-state index is 0.173. The molecule has 0 saturated carbocycles. The van der Waals surface area contributed by atoms with Crippen LogP contribution in [-0.4, -0.2) is 55.5 Å². The molecule has 1 atom stereocenters. The summed E-state index contributed by atoms with van der Waals surface area (Å²) in [6.07, 6.45) is 1.07. The fourth-order valence-corrected chi connectivity index (χ4v) is 1.70. The lowest BCUT2D eigenvalue weighted by molar-refractivity contribution is -0.0309. The number of morpholine rings is 1. The van der Waals surface area contributed by atoms with Gasteiger partial charge in [-0.25, -0.2) is 0 Å². The van der Waals surface area contributed by atoms with E-state index < -0.39 is 0 Å². The van der Waals surface area contributed by atoms with E-state index in [4.69, 9.17) is 10.5 Å². The molecule has 3 N–H and O–H groups in total. The first kappa shape index (κ1) is 12.9. The monoisotopic (exact) mass is 216 g/mol. The molecular weight excluding hydrogens is 192 g/mol. The Balaban J connectivity index is 2.35. The molecule has 0 aromatic heterocycles. The van der Waals surface area contributed by atoms with Crippen LogP contribution < -0.4 is 5.73 Å². The summed E-state index contributed by atoms with van der Waals surface area (Å²) < 4.78 is 5.34. The van der Waals surface area contributed by atoms with E-state index in [0.29, 0.717) is 13.2 Å². The van der Waals surface area contributed by atoms with Crippen molar-refractivity contribution in [3.63, 3.8) is 0 Å². The second-order valence-electron chi connectivity index (χ2n) is 5.07. The number of nitrogens with zero attached hydrogens (tertiary/aromatic N) is 1. The second-order valence-corrected chi connectivity index (χ2v) is 5.07. The van der Waals surface area contributed by atoms with Crippen LogP contribution in [0.3, 0.4) is 0 Å². The largest absolute Gasteiger partial charge is 0.395 e.